The minimum Gasteiger partial charge on any atom is -0.507 e. The molecule has 35 heavy (non-hydrogen) atoms. The number of carboxylic acids is 1. The summed E-state index contributed by atoms with van der Waals surface area (Å²) >= 11 is 0. The van der Waals surface area contributed by atoms with Crippen LogP contribution in [0.4, 0.5) is 0 Å². The molecule has 0 heterocycles. The molecule has 4 heteroatoms. The lowest BCUT2D eigenvalue weighted by atomic mass is 9.82. The first-order chi connectivity index (χ1) is 16.7. The quantitative estimate of drug-likeness (QED) is 0.309. The van der Waals surface area contributed by atoms with Crippen molar-refractivity contribution in [2.45, 2.75) is 31.7 Å². The van der Waals surface area contributed by atoms with Crippen LogP contribution < -0.4 is 0 Å². The topological polar surface area (TPSA) is 69.9 Å². The minimum atomic E-state index is -1.67. The van der Waals surface area contributed by atoms with E-state index in [0.29, 0.717) is 22.3 Å². The van der Waals surface area contributed by atoms with Crippen LogP contribution in [0.3, 0.4) is 0 Å². The number of aromatic hydroxyl groups is 1. The lowest BCUT2D eigenvalue weighted by molar-refractivity contribution is -0.141. The zero-order valence-corrected chi connectivity index (χ0v) is 20.1. The highest BCUT2D eigenvalue weighted by Crippen LogP contribution is 2.38. The zero-order chi connectivity index (χ0) is 25.1. The van der Waals surface area contributed by atoms with E-state index in [1.54, 1.807) is 48.5 Å². The van der Waals surface area contributed by atoms with Gasteiger partial charge in [0.1, 0.15) is 5.75 Å². The molecule has 0 radical (unpaired) electrons. The number of phenols is 1. The number of hydrogen-bond acceptors (Lipinski definition) is 3. The van der Waals surface area contributed by atoms with Gasteiger partial charge in [0.05, 0.1) is 0 Å². The SMILES string of the molecule is CC(C)(C)c1cc(C=NC(C(=O)O)(c2ccccc2)c2ccccc2)c(O)c(-c2ccccc2)c1. The number of hydrogen-bond donors (Lipinski definition) is 2. The van der Waals surface area contributed by atoms with Crippen LogP contribution in [0.25, 0.3) is 11.1 Å². The second-order valence-corrected chi connectivity index (χ2v) is 9.58. The summed E-state index contributed by atoms with van der Waals surface area (Å²) < 4.78 is 0. The van der Waals surface area contributed by atoms with Gasteiger partial charge in [0.2, 0.25) is 5.54 Å². The van der Waals surface area contributed by atoms with E-state index in [-0.39, 0.29) is 11.2 Å². The second-order valence-electron chi connectivity index (χ2n) is 9.58. The monoisotopic (exact) mass is 463 g/mol. The Morgan fingerprint density at radius 2 is 1.23 bits per heavy atom. The third kappa shape index (κ3) is 4.73. The zero-order valence-electron chi connectivity index (χ0n) is 20.1. The Labute approximate surface area is 206 Å². The Hall–Kier alpha value is -4.18. The maximum atomic E-state index is 12.9. The van der Waals surface area contributed by atoms with Gasteiger partial charge in [0.15, 0.2) is 0 Å². The van der Waals surface area contributed by atoms with Crippen molar-refractivity contribution < 1.29 is 15.0 Å². The summed E-state index contributed by atoms with van der Waals surface area (Å²) in [6.45, 7) is 6.31. The van der Waals surface area contributed by atoms with Crippen molar-refractivity contribution in [2.75, 3.05) is 0 Å². The maximum absolute atomic E-state index is 12.9. The standard InChI is InChI=1S/C31H29NO3/c1-30(2,3)26-19-23(28(33)27(20-26)22-13-7-4-8-14-22)21-32-31(29(34)35,24-15-9-5-10-16-24)25-17-11-6-12-18-25/h4-21,33H,1-3H3,(H,34,35). The number of nitrogens with zero attached hydrogens (tertiary/aromatic N) is 1. The van der Waals surface area contributed by atoms with E-state index in [1.165, 1.54) is 6.21 Å². The van der Waals surface area contributed by atoms with Crippen molar-refractivity contribution in [1.82, 2.24) is 0 Å². The fourth-order valence-corrected chi connectivity index (χ4v) is 4.17. The summed E-state index contributed by atoms with van der Waals surface area (Å²) in [6, 6.07) is 31.5. The molecule has 4 nitrogen and oxygen atoms in total. The van der Waals surface area contributed by atoms with E-state index in [0.717, 1.165) is 11.1 Å². The summed E-state index contributed by atoms with van der Waals surface area (Å²) in [4.78, 5) is 17.6. The molecule has 0 aliphatic rings. The van der Waals surface area contributed by atoms with E-state index in [4.69, 9.17) is 4.99 Å². The van der Waals surface area contributed by atoms with Crippen molar-refractivity contribution in [3.8, 4) is 16.9 Å². The Morgan fingerprint density at radius 1 is 0.743 bits per heavy atom. The van der Waals surface area contributed by atoms with Gasteiger partial charge in [-0.05, 0) is 39.8 Å². The predicted molar refractivity (Wildman–Crippen MR) is 141 cm³/mol. The molecule has 4 aromatic carbocycles. The predicted octanol–water partition coefficient (Wildman–Crippen LogP) is 6.80. The average Bonchev–Trinajstić information content (AvgIpc) is 2.86. The van der Waals surface area contributed by atoms with Crippen molar-refractivity contribution in [3.63, 3.8) is 0 Å². The molecule has 0 bridgehead atoms. The normalized spacial score (nSPS) is 12.1. The number of phenolic OH excluding ortho intramolecular Hbond substituents is 1. The fourth-order valence-electron chi connectivity index (χ4n) is 4.17. The van der Waals surface area contributed by atoms with Gasteiger partial charge in [0.25, 0.3) is 0 Å². The molecule has 0 unspecified atom stereocenters. The van der Waals surface area contributed by atoms with Crippen LogP contribution >= 0.6 is 0 Å². The van der Waals surface area contributed by atoms with Crippen LogP contribution in [0.5, 0.6) is 5.75 Å². The van der Waals surface area contributed by atoms with Gasteiger partial charge < -0.3 is 10.2 Å². The van der Waals surface area contributed by atoms with Crippen LogP contribution in [0.15, 0.2) is 108 Å². The molecule has 4 rings (SSSR count). The second kappa shape index (κ2) is 9.59. The van der Waals surface area contributed by atoms with Gasteiger partial charge in [-0.2, -0.15) is 0 Å². The molecule has 0 amide bonds. The van der Waals surface area contributed by atoms with Crippen molar-refractivity contribution >= 4 is 12.2 Å². The van der Waals surface area contributed by atoms with E-state index < -0.39 is 11.5 Å². The molecule has 0 atom stereocenters. The van der Waals surface area contributed by atoms with Crippen LogP contribution in [-0.4, -0.2) is 22.4 Å². The number of carbonyl (C=O) groups is 1. The number of aliphatic imine (C=N–C) groups is 1. The Kier molecular flexibility index (Phi) is 6.57. The van der Waals surface area contributed by atoms with Crippen LogP contribution in [0.1, 0.15) is 43.0 Å². The van der Waals surface area contributed by atoms with Crippen molar-refractivity contribution in [3.05, 3.63) is 125 Å². The van der Waals surface area contributed by atoms with Gasteiger partial charge in [-0.3, -0.25) is 4.99 Å². The summed E-state index contributed by atoms with van der Waals surface area (Å²) in [5.74, 6) is -1.03. The van der Waals surface area contributed by atoms with Crippen LogP contribution in [0.2, 0.25) is 0 Å². The molecule has 0 spiro atoms. The summed E-state index contributed by atoms with van der Waals surface area (Å²) in [7, 11) is 0. The number of aliphatic carboxylic acids is 1. The molecule has 0 aliphatic carbocycles. The molecule has 0 aromatic heterocycles. The summed E-state index contributed by atoms with van der Waals surface area (Å²) in [5.41, 5.74) is 2.24. The van der Waals surface area contributed by atoms with E-state index in [2.05, 4.69) is 20.8 Å². The van der Waals surface area contributed by atoms with Gasteiger partial charge in [-0.15, -0.1) is 0 Å². The van der Waals surface area contributed by atoms with Crippen LogP contribution in [0, 0.1) is 0 Å². The van der Waals surface area contributed by atoms with Crippen LogP contribution in [-0.2, 0) is 15.7 Å². The average molecular weight is 464 g/mol. The molecule has 0 saturated heterocycles. The van der Waals surface area contributed by atoms with Gasteiger partial charge in [-0.1, -0.05) is 112 Å². The lowest BCUT2D eigenvalue weighted by Gasteiger charge is -2.27. The van der Waals surface area contributed by atoms with Gasteiger partial charge in [-0.25, -0.2) is 4.79 Å². The molecule has 2 N–H and O–H groups in total. The smallest absolute Gasteiger partial charge is 0.340 e. The molecule has 4 aromatic rings. The van der Waals surface area contributed by atoms with E-state index in [9.17, 15) is 15.0 Å². The van der Waals surface area contributed by atoms with Gasteiger partial charge in [0, 0.05) is 17.3 Å². The number of rotatable bonds is 6. The first-order valence-electron chi connectivity index (χ1n) is 11.6. The fraction of sp³-hybridized carbons (Fsp3) is 0.161. The van der Waals surface area contributed by atoms with E-state index >= 15 is 0 Å². The largest absolute Gasteiger partial charge is 0.507 e. The third-order valence-electron chi connectivity index (χ3n) is 6.18. The highest BCUT2D eigenvalue weighted by Gasteiger charge is 2.41. The number of benzene rings is 4. The Bertz CT molecular complexity index is 1300. The first kappa shape index (κ1) is 24.0. The van der Waals surface area contributed by atoms with Crippen molar-refractivity contribution in [2.24, 2.45) is 4.99 Å². The maximum Gasteiger partial charge on any atom is 0.340 e. The molecule has 0 fully saturated rings. The summed E-state index contributed by atoms with van der Waals surface area (Å²) in [6.07, 6.45) is 1.49. The highest BCUT2D eigenvalue weighted by atomic mass is 16.4. The molecular weight excluding hydrogens is 434 g/mol. The molecule has 0 aliphatic heterocycles. The Balaban J connectivity index is 1.96. The Morgan fingerprint density at radius 3 is 1.69 bits per heavy atom. The third-order valence-corrected chi connectivity index (χ3v) is 6.18. The lowest BCUT2D eigenvalue weighted by Crippen LogP contribution is -2.35. The van der Waals surface area contributed by atoms with Crippen molar-refractivity contribution in [1.29, 1.82) is 0 Å². The summed E-state index contributed by atoms with van der Waals surface area (Å²) in [5, 5.41) is 21.8. The molecule has 0 saturated carbocycles. The van der Waals surface area contributed by atoms with E-state index in [1.807, 2.05) is 54.6 Å². The van der Waals surface area contributed by atoms with Gasteiger partial charge >= 0.3 is 5.97 Å². The highest BCUT2D eigenvalue weighted by molar-refractivity contribution is 5.93. The molecule has 176 valence electrons. The minimum absolute atomic E-state index is 0.0633. The number of carboxylic acid groups (broad SMARTS) is 1. The molecular formula is C31H29NO3. The first-order valence-corrected chi connectivity index (χ1v) is 11.6.